The third-order valence-corrected chi connectivity index (χ3v) is 3.95. The van der Waals surface area contributed by atoms with Crippen molar-refractivity contribution >= 4 is 48.6 Å². The summed E-state index contributed by atoms with van der Waals surface area (Å²) >= 11 is 6.86. The van der Waals surface area contributed by atoms with Crippen LogP contribution in [0.4, 0.5) is 5.69 Å². The Hall–Kier alpha value is -1.53. The molecule has 0 atom stereocenters. The van der Waals surface area contributed by atoms with E-state index >= 15 is 0 Å². The number of nitrogens with one attached hydrogen (secondary N) is 1. The third kappa shape index (κ3) is 2.29. The van der Waals surface area contributed by atoms with Crippen LogP contribution in [0.2, 0.25) is 0 Å². The number of halogens is 2. The maximum absolute atomic E-state index is 5.99. The Morgan fingerprint density at radius 1 is 1.15 bits per heavy atom. The van der Waals surface area contributed by atoms with Gasteiger partial charge in [0, 0.05) is 8.95 Å². The van der Waals surface area contributed by atoms with Gasteiger partial charge in [0.1, 0.15) is 17.1 Å². The number of nitrogens with two attached hydrogens (primary N) is 1. The molecule has 2 aromatic carbocycles. The van der Waals surface area contributed by atoms with Crippen LogP contribution in [0.5, 0.6) is 5.75 Å². The molecule has 4 nitrogen and oxygen atoms in total. The van der Waals surface area contributed by atoms with E-state index in [0.717, 1.165) is 37.1 Å². The first-order valence-electron chi connectivity index (χ1n) is 5.87. The molecular formula is C14H11Br2N3O. The fourth-order valence-corrected chi connectivity index (χ4v) is 2.91. The van der Waals surface area contributed by atoms with Crippen molar-refractivity contribution in [3.05, 3.63) is 39.3 Å². The van der Waals surface area contributed by atoms with E-state index < -0.39 is 0 Å². The fourth-order valence-electron chi connectivity index (χ4n) is 2.10. The number of imidazole rings is 1. The number of benzene rings is 2. The highest BCUT2D eigenvalue weighted by molar-refractivity contribution is 9.10. The van der Waals surface area contributed by atoms with E-state index in [1.165, 1.54) is 0 Å². The van der Waals surface area contributed by atoms with Gasteiger partial charge in [0.05, 0.1) is 23.9 Å². The van der Waals surface area contributed by atoms with Crippen molar-refractivity contribution in [2.75, 3.05) is 12.8 Å². The number of anilines is 1. The second-order valence-corrected chi connectivity index (χ2v) is 6.15. The Morgan fingerprint density at radius 2 is 1.95 bits per heavy atom. The molecule has 0 aliphatic heterocycles. The van der Waals surface area contributed by atoms with E-state index in [9.17, 15) is 0 Å². The zero-order chi connectivity index (χ0) is 14.3. The number of nitrogen functional groups attached to an aromatic ring is 1. The van der Waals surface area contributed by atoms with Gasteiger partial charge in [-0.2, -0.15) is 0 Å². The summed E-state index contributed by atoms with van der Waals surface area (Å²) in [6.45, 7) is 0. The summed E-state index contributed by atoms with van der Waals surface area (Å²) in [4.78, 5) is 7.84. The molecule has 1 heterocycles. The smallest absolute Gasteiger partial charge is 0.142 e. The summed E-state index contributed by atoms with van der Waals surface area (Å²) in [5, 5.41) is 0. The van der Waals surface area contributed by atoms with Gasteiger partial charge in [0.2, 0.25) is 0 Å². The molecular weight excluding hydrogens is 386 g/mol. The number of ether oxygens (including phenoxy) is 1. The first kappa shape index (κ1) is 13.5. The zero-order valence-electron chi connectivity index (χ0n) is 10.6. The van der Waals surface area contributed by atoms with Gasteiger partial charge in [-0.25, -0.2) is 4.98 Å². The first-order valence-corrected chi connectivity index (χ1v) is 7.45. The van der Waals surface area contributed by atoms with E-state index in [2.05, 4.69) is 41.8 Å². The minimum absolute atomic E-state index is 0.632. The van der Waals surface area contributed by atoms with Gasteiger partial charge in [0.15, 0.2) is 0 Å². The third-order valence-electron chi connectivity index (χ3n) is 3.00. The van der Waals surface area contributed by atoms with Crippen molar-refractivity contribution in [1.82, 2.24) is 9.97 Å². The van der Waals surface area contributed by atoms with Crippen LogP contribution in [0.25, 0.3) is 22.4 Å². The first-order chi connectivity index (χ1) is 9.58. The van der Waals surface area contributed by atoms with Crippen molar-refractivity contribution < 1.29 is 4.74 Å². The molecule has 0 aliphatic rings. The van der Waals surface area contributed by atoms with Crippen LogP contribution in [-0.2, 0) is 0 Å². The molecule has 102 valence electrons. The average molecular weight is 397 g/mol. The lowest BCUT2D eigenvalue weighted by Crippen LogP contribution is -1.89. The zero-order valence-corrected chi connectivity index (χ0v) is 13.7. The molecule has 20 heavy (non-hydrogen) atoms. The number of aromatic amines is 1. The van der Waals surface area contributed by atoms with Crippen molar-refractivity contribution in [3.63, 3.8) is 0 Å². The fraction of sp³-hybridized carbons (Fsp3) is 0.0714. The quantitative estimate of drug-likeness (QED) is 0.633. The summed E-state index contributed by atoms with van der Waals surface area (Å²) < 4.78 is 7.27. The van der Waals surface area contributed by atoms with Gasteiger partial charge < -0.3 is 15.5 Å². The number of hydrogen-bond donors (Lipinski definition) is 2. The summed E-state index contributed by atoms with van der Waals surface area (Å²) in [6.07, 6.45) is 0. The molecule has 0 saturated heterocycles. The molecule has 0 unspecified atom stereocenters. The van der Waals surface area contributed by atoms with Gasteiger partial charge in [-0.1, -0.05) is 31.9 Å². The van der Waals surface area contributed by atoms with Crippen molar-refractivity contribution in [2.45, 2.75) is 0 Å². The van der Waals surface area contributed by atoms with Crippen LogP contribution in [-0.4, -0.2) is 17.1 Å². The molecule has 0 aliphatic carbocycles. The molecule has 1 aromatic heterocycles. The Balaban J connectivity index is 2.22. The average Bonchev–Trinajstić information content (AvgIpc) is 2.82. The van der Waals surface area contributed by atoms with Crippen molar-refractivity contribution in [1.29, 1.82) is 0 Å². The van der Waals surface area contributed by atoms with E-state index in [1.807, 2.05) is 30.3 Å². The van der Waals surface area contributed by atoms with Gasteiger partial charge in [0.25, 0.3) is 0 Å². The minimum Gasteiger partial charge on any atom is -0.496 e. The maximum atomic E-state index is 5.99. The monoisotopic (exact) mass is 395 g/mol. The molecule has 0 fully saturated rings. The van der Waals surface area contributed by atoms with Gasteiger partial charge >= 0.3 is 0 Å². The molecule has 3 rings (SSSR count). The number of fused-ring (bicyclic) bond motifs is 1. The Morgan fingerprint density at radius 3 is 2.70 bits per heavy atom. The highest BCUT2D eigenvalue weighted by Gasteiger charge is 2.13. The molecule has 3 N–H and O–H groups in total. The number of H-pyrrole nitrogens is 1. The summed E-state index contributed by atoms with van der Waals surface area (Å²) in [5.41, 5.74) is 9.16. The number of nitrogens with zero attached hydrogens (tertiary/aromatic N) is 1. The van der Waals surface area contributed by atoms with Crippen LogP contribution in [0, 0.1) is 0 Å². The largest absolute Gasteiger partial charge is 0.496 e. The standard InChI is InChI=1S/C14H11Br2N3O/c1-20-12-6-7(15)2-3-9(12)14-18-11-5-8(16)4-10(17)13(11)19-14/h2-6H,17H2,1H3,(H,18,19). The van der Waals surface area contributed by atoms with Crippen LogP contribution >= 0.6 is 31.9 Å². The number of aromatic nitrogens is 2. The molecule has 6 heteroatoms. The number of rotatable bonds is 2. The van der Waals surface area contributed by atoms with E-state index in [4.69, 9.17) is 10.5 Å². The maximum Gasteiger partial charge on any atom is 0.142 e. The predicted molar refractivity (Wildman–Crippen MR) is 87.9 cm³/mol. The molecule has 3 aromatic rings. The number of hydrogen-bond acceptors (Lipinski definition) is 3. The summed E-state index contributed by atoms with van der Waals surface area (Å²) in [6, 6.07) is 9.59. The van der Waals surface area contributed by atoms with Crippen LogP contribution in [0.1, 0.15) is 0 Å². The lowest BCUT2D eigenvalue weighted by molar-refractivity contribution is 0.416. The molecule has 0 bridgehead atoms. The van der Waals surface area contributed by atoms with Crippen LogP contribution in [0.15, 0.2) is 39.3 Å². The van der Waals surface area contributed by atoms with E-state index in [-0.39, 0.29) is 0 Å². The Bertz CT molecular complexity index is 798. The van der Waals surface area contributed by atoms with Gasteiger partial charge in [-0.05, 0) is 30.3 Å². The normalized spacial score (nSPS) is 10.9. The SMILES string of the molecule is COc1cc(Br)ccc1-c1nc2c(N)cc(Br)cc2[nH]1. The second-order valence-electron chi connectivity index (χ2n) is 4.32. The van der Waals surface area contributed by atoms with Crippen molar-refractivity contribution in [2.24, 2.45) is 0 Å². The molecule has 0 radical (unpaired) electrons. The minimum atomic E-state index is 0.632. The Kier molecular flexibility index (Phi) is 3.43. The van der Waals surface area contributed by atoms with Gasteiger partial charge in [-0.3, -0.25) is 0 Å². The van der Waals surface area contributed by atoms with Crippen molar-refractivity contribution in [3.8, 4) is 17.1 Å². The topological polar surface area (TPSA) is 63.9 Å². The second kappa shape index (κ2) is 5.10. The lowest BCUT2D eigenvalue weighted by Gasteiger charge is -2.06. The summed E-state index contributed by atoms with van der Waals surface area (Å²) in [7, 11) is 1.64. The lowest BCUT2D eigenvalue weighted by atomic mass is 10.2. The number of methoxy groups -OCH3 is 1. The predicted octanol–water partition coefficient (Wildman–Crippen LogP) is 4.35. The molecule has 0 spiro atoms. The van der Waals surface area contributed by atoms with Crippen LogP contribution < -0.4 is 10.5 Å². The van der Waals surface area contributed by atoms with E-state index in [1.54, 1.807) is 7.11 Å². The van der Waals surface area contributed by atoms with Gasteiger partial charge in [-0.15, -0.1) is 0 Å². The summed E-state index contributed by atoms with van der Waals surface area (Å²) in [5.74, 6) is 1.48. The molecule has 0 saturated carbocycles. The van der Waals surface area contributed by atoms with E-state index in [0.29, 0.717) is 5.69 Å². The molecule has 0 amide bonds. The highest BCUT2D eigenvalue weighted by atomic mass is 79.9. The Labute approximate surface area is 132 Å². The highest BCUT2D eigenvalue weighted by Crippen LogP contribution is 2.33. The van der Waals surface area contributed by atoms with Crippen LogP contribution in [0.3, 0.4) is 0 Å².